The fourth-order valence-electron chi connectivity index (χ4n) is 3.06. The average molecular weight is 326 g/mol. The average Bonchev–Trinajstić information content (AvgIpc) is 3.32. The molecule has 0 aromatic carbocycles. The maximum Gasteiger partial charge on any atom is 0.0405 e. The van der Waals surface area contributed by atoms with Gasteiger partial charge in [0.05, 0.1) is 0 Å². The van der Waals surface area contributed by atoms with Gasteiger partial charge in [-0.2, -0.15) is 0 Å². The standard InChI is InChI=1S/C20H16N4.2Li/c1-2-14-10-16-5-6-18(23-16)12-20-8-7-19(24-20)11-17-4-3-15(22-17)9-13(1)21-14;;/h1-12,21-24H;;. The number of aromatic amines is 4. The first-order valence-electron chi connectivity index (χ1n) is 7.95. The van der Waals surface area contributed by atoms with Gasteiger partial charge in [-0.1, -0.05) is 0 Å². The van der Waals surface area contributed by atoms with Gasteiger partial charge >= 0.3 is 0 Å². The summed E-state index contributed by atoms with van der Waals surface area (Å²) in [6, 6.07) is 16.7. The van der Waals surface area contributed by atoms with Gasteiger partial charge < -0.3 is 19.9 Å². The zero-order valence-electron chi connectivity index (χ0n) is 14.9. The Morgan fingerprint density at radius 1 is 0.346 bits per heavy atom. The first-order chi connectivity index (χ1) is 11.8. The molecule has 4 aromatic heterocycles. The van der Waals surface area contributed by atoms with Crippen LogP contribution in [0.25, 0.3) is 24.3 Å². The minimum absolute atomic E-state index is 0. The molecule has 0 spiro atoms. The maximum atomic E-state index is 3.42. The molecule has 0 aliphatic carbocycles. The summed E-state index contributed by atoms with van der Waals surface area (Å²) in [6.07, 6.45) is 8.42. The molecular weight excluding hydrogens is 310 g/mol. The fourth-order valence-corrected chi connectivity index (χ4v) is 3.06. The number of hydrogen-bond donors (Lipinski definition) is 4. The topological polar surface area (TPSA) is 63.2 Å². The van der Waals surface area contributed by atoms with Crippen molar-refractivity contribution in [2.24, 2.45) is 0 Å². The van der Waals surface area contributed by atoms with Crippen molar-refractivity contribution in [3.8, 4) is 0 Å². The van der Waals surface area contributed by atoms with E-state index < -0.39 is 0 Å². The molecule has 26 heavy (non-hydrogen) atoms. The Hall–Kier alpha value is -2.21. The Kier molecular flexibility index (Phi) is 5.42. The molecule has 0 atom stereocenters. The van der Waals surface area contributed by atoms with E-state index in [2.05, 4.69) is 92.8 Å². The molecule has 0 saturated heterocycles. The number of nitrogens with one attached hydrogen (secondary N) is 4. The van der Waals surface area contributed by atoms with Crippen LogP contribution in [0.15, 0.2) is 48.5 Å². The summed E-state index contributed by atoms with van der Waals surface area (Å²) in [5.74, 6) is 0. The van der Waals surface area contributed by atoms with E-state index in [-0.39, 0.29) is 37.7 Å². The number of fused-ring (bicyclic) bond motifs is 8. The second kappa shape index (κ2) is 7.58. The summed E-state index contributed by atoms with van der Waals surface area (Å²) in [6.45, 7) is 0. The molecule has 1 aliphatic rings. The van der Waals surface area contributed by atoms with E-state index in [1.54, 1.807) is 0 Å². The zero-order chi connectivity index (χ0) is 15.9. The fraction of sp³-hybridized carbons (Fsp3) is 0. The Morgan fingerprint density at radius 2 is 0.615 bits per heavy atom. The molecule has 4 N–H and O–H groups in total. The number of rotatable bonds is 0. The van der Waals surface area contributed by atoms with E-state index in [0.29, 0.717) is 0 Å². The van der Waals surface area contributed by atoms with E-state index >= 15 is 0 Å². The Labute approximate surface area is 174 Å². The van der Waals surface area contributed by atoms with E-state index in [1.807, 2.05) is 0 Å². The smallest absolute Gasteiger partial charge is 0.0405 e. The summed E-state index contributed by atoms with van der Waals surface area (Å²) in [4.78, 5) is 13.7. The number of H-pyrrole nitrogens is 4. The monoisotopic (exact) mass is 326 g/mol. The minimum Gasteiger partial charge on any atom is -0.355 e. The number of hydrogen-bond acceptors (Lipinski definition) is 0. The molecule has 0 saturated carbocycles. The summed E-state index contributed by atoms with van der Waals surface area (Å²) in [5.41, 5.74) is 4.29. The van der Waals surface area contributed by atoms with Gasteiger partial charge in [-0.3, -0.25) is 0 Å². The Balaban J connectivity index is 0.000000980. The van der Waals surface area contributed by atoms with Gasteiger partial charge in [-0.25, -0.2) is 0 Å². The van der Waals surface area contributed by atoms with Crippen LogP contribution in [-0.4, -0.2) is 57.7 Å². The minimum atomic E-state index is 0. The molecule has 118 valence electrons. The van der Waals surface area contributed by atoms with Gasteiger partial charge in [0.2, 0.25) is 0 Å². The van der Waals surface area contributed by atoms with Gasteiger partial charge in [-0.05, 0) is 72.8 Å². The summed E-state index contributed by atoms with van der Waals surface area (Å²) in [7, 11) is 0. The normalized spacial score (nSPS) is 11.7. The van der Waals surface area contributed by atoms with Gasteiger partial charge in [0.15, 0.2) is 0 Å². The first kappa shape index (κ1) is 18.6. The Morgan fingerprint density at radius 3 is 0.885 bits per heavy atom. The first-order valence-corrected chi connectivity index (χ1v) is 7.95. The van der Waals surface area contributed by atoms with Crippen molar-refractivity contribution in [1.82, 2.24) is 19.9 Å². The van der Waals surface area contributed by atoms with Crippen molar-refractivity contribution in [3.63, 3.8) is 0 Å². The third-order valence-electron chi connectivity index (χ3n) is 4.17. The van der Waals surface area contributed by atoms with Crippen LogP contribution in [0.3, 0.4) is 0 Å². The molecule has 0 amide bonds. The van der Waals surface area contributed by atoms with Crippen molar-refractivity contribution < 1.29 is 0 Å². The maximum absolute atomic E-state index is 3.42. The predicted molar refractivity (Wildman–Crippen MR) is 107 cm³/mol. The summed E-state index contributed by atoms with van der Waals surface area (Å²) in [5, 5.41) is 4.29. The third-order valence-corrected chi connectivity index (χ3v) is 4.17. The van der Waals surface area contributed by atoms with Crippen LogP contribution < -0.4 is 21.4 Å². The van der Waals surface area contributed by atoms with Crippen LogP contribution in [0.1, 0.15) is 22.8 Å². The molecule has 0 unspecified atom stereocenters. The van der Waals surface area contributed by atoms with Gasteiger partial charge in [0.1, 0.15) is 0 Å². The second-order valence-electron chi connectivity index (χ2n) is 6.05. The number of aromatic nitrogens is 4. The summed E-state index contributed by atoms with van der Waals surface area (Å²) >= 11 is 0. The SMILES string of the molecule is C1=c2ccc([nH]2)=Cc2ccc([nH]2)C=c2ccc([nH]2)=Cc2ccc1[nH]2.[Li].[Li]. The van der Waals surface area contributed by atoms with Crippen LogP contribution in [-0.2, 0) is 0 Å². The van der Waals surface area contributed by atoms with Crippen molar-refractivity contribution in [1.29, 1.82) is 0 Å². The largest absolute Gasteiger partial charge is 0.355 e. The molecular formula is C20H16Li2N4. The molecule has 2 radical (unpaired) electrons. The van der Waals surface area contributed by atoms with Gasteiger partial charge in [0.25, 0.3) is 0 Å². The van der Waals surface area contributed by atoms with Crippen LogP contribution >= 0.6 is 0 Å². The van der Waals surface area contributed by atoms with Crippen LogP contribution in [0, 0.1) is 0 Å². The molecule has 5 heterocycles. The van der Waals surface area contributed by atoms with E-state index in [9.17, 15) is 0 Å². The van der Waals surface area contributed by atoms with Crippen molar-refractivity contribution >= 4 is 62.0 Å². The molecule has 6 heteroatoms. The Bertz CT molecular complexity index is 1080. The van der Waals surface area contributed by atoms with E-state index in [1.165, 1.54) is 0 Å². The van der Waals surface area contributed by atoms with E-state index in [0.717, 1.165) is 44.2 Å². The quantitative estimate of drug-likeness (QED) is 0.287. The van der Waals surface area contributed by atoms with Crippen molar-refractivity contribution in [3.05, 3.63) is 92.7 Å². The van der Waals surface area contributed by atoms with Crippen LogP contribution in [0.4, 0.5) is 0 Å². The third kappa shape index (κ3) is 3.80. The zero-order valence-corrected chi connectivity index (χ0v) is 14.9. The van der Waals surface area contributed by atoms with E-state index in [4.69, 9.17) is 0 Å². The van der Waals surface area contributed by atoms with Crippen molar-refractivity contribution in [2.75, 3.05) is 0 Å². The van der Waals surface area contributed by atoms with Gasteiger partial charge in [0, 0.05) is 81.9 Å². The molecule has 8 bridgehead atoms. The van der Waals surface area contributed by atoms with Crippen molar-refractivity contribution in [2.45, 2.75) is 0 Å². The summed E-state index contributed by atoms with van der Waals surface area (Å²) < 4.78 is 0. The van der Waals surface area contributed by atoms with Crippen LogP contribution in [0.2, 0.25) is 0 Å². The second-order valence-corrected chi connectivity index (χ2v) is 6.05. The molecule has 4 nitrogen and oxygen atoms in total. The van der Waals surface area contributed by atoms with Gasteiger partial charge in [-0.15, -0.1) is 0 Å². The molecule has 5 rings (SSSR count). The molecule has 1 aliphatic heterocycles. The molecule has 0 fully saturated rings. The molecule has 4 aromatic rings. The van der Waals surface area contributed by atoms with Crippen LogP contribution in [0.5, 0.6) is 0 Å². The predicted octanol–water partition coefficient (Wildman–Crippen LogP) is -0.134.